The lowest BCUT2D eigenvalue weighted by atomic mass is 10.0. The maximum absolute atomic E-state index is 12.8. The molecule has 1 aliphatic heterocycles. The molecular weight excluding hydrogens is 456 g/mol. The van der Waals surface area contributed by atoms with E-state index >= 15 is 0 Å². The number of carbonyl (C=O) groups excluding carboxylic acids is 1. The largest absolute Gasteiger partial charge is 0.496 e. The summed E-state index contributed by atoms with van der Waals surface area (Å²) >= 11 is 0. The third-order valence-corrected chi connectivity index (χ3v) is 6.00. The number of methoxy groups -OCH3 is 2. The van der Waals surface area contributed by atoms with Gasteiger partial charge in [-0.2, -0.15) is 5.26 Å². The van der Waals surface area contributed by atoms with Crippen LogP contribution in [-0.4, -0.2) is 60.8 Å². The van der Waals surface area contributed by atoms with Gasteiger partial charge in [-0.1, -0.05) is 19.9 Å². The van der Waals surface area contributed by atoms with E-state index in [4.69, 9.17) is 19.2 Å². The summed E-state index contributed by atoms with van der Waals surface area (Å²) in [5, 5.41) is 9.59. The van der Waals surface area contributed by atoms with E-state index in [1.165, 1.54) is 0 Å². The number of hydrogen-bond donors (Lipinski definition) is 0. The van der Waals surface area contributed by atoms with Crippen molar-refractivity contribution in [2.24, 2.45) is 5.92 Å². The number of aromatic nitrogens is 2. The van der Waals surface area contributed by atoms with Crippen molar-refractivity contribution in [1.82, 2.24) is 14.9 Å². The van der Waals surface area contributed by atoms with Crippen molar-refractivity contribution in [3.63, 3.8) is 0 Å². The molecule has 1 aliphatic rings. The topological polar surface area (TPSA) is 97.6 Å². The zero-order chi connectivity index (χ0) is 25.7. The third kappa shape index (κ3) is 5.64. The molecule has 0 saturated carbocycles. The minimum atomic E-state index is -0.0703. The van der Waals surface area contributed by atoms with Crippen LogP contribution in [-0.2, 0) is 11.2 Å². The SMILES string of the molecule is COc1cc(Cc2nccc(-c3ccc(OCC(C)C)c(C#N)c3)n2)ccc1C(=O)N1CC(OC)C1. The van der Waals surface area contributed by atoms with Crippen molar-refractivity contribution in [3.05, 3.63) is 71.2 Å². The van der Waals surface area contributed by atoms with Gasteiger partial charge in [0, 0.05) is 38.4 Å². The maximum Gasteiger partial charge on any atom is 0.257 e. The van der Waals surface area contributed by atoms with Crippen molar-refractivity contribution in [1.29, 1.82) is 5.26 Å². The first-order chi connectivity index (χ1) is 17.4. The van der Waals surface area contributed by atoms with Crippen LogP contribution in [0.1, 0.15) is 41.2 Å². The van der Waals surface area contributed by atoms with Crippen molar-refractivity contribution >= 4 is 5.91 Å². The fraction of sp³-hybridized carbons (Fsp3) is 0.357. The first kappa shape index (κ1) is 25.1. The lowest BCUT2D eigenvalue weighted by Gasteiger charge is -2.38. The van der Waals surface area contributed by atoms with Crippen LogP contribution in [0.15, 0.2) is 48.7 Å². The maximum atomic E-state index is 12.8. The van der Waals surface area contributed by atoms with Gasteiger partial charge in [0.15, 0.2) is 0 Å². The summed E-state index contributed by atoms with van der Waals surface area (Å²) in [5.41, 5.74) is 3.45. The smallest absolute Gasteiger partial charge is 0.257 e. The van der Waals surface area contributed by atoms with Crippen LogP contribution in [0.25, 0.3) is 11.3 Å². The van der Waals surface area contributed by atoms with Gasteiger partial charge >= 0.3 is 0 Å². The Kier molecular flexibility index (Phi) is 7.81. The predicted octanol–water partition coefficient (Wildman–Crippen LogP) is 4.12. The van der Waals surface area contributed by atoms with Crippen LogP contribution in [0.3, 0.4) is 0 Å². The van der Waals surface area contributed by atoms with Crippen LogP contribution in [0.5, 0.6) is 11.5 Å². The number of rotatable bonds is 9. The average Bonchev–Trinajstić information content (AvgIpc) is 2.86. The molecule has 1 fully saturated rings. The van der Waals surface area contributed by atoms with E-state index < -0.39 is 0 Å². The third-order valence-electron chi connectivity index (χ3n) is 6.00. The Bertz CT molecular complexity index is 1280. The zero-order valence-corrected chi connectivity index (χ0v) is 21.0. The number of benzene rings is 2. The average molecular weight is 487 g/mol. The molecule has 2 aromatic carbocycles. The van der Waals surface area contributed by atoms with Gasteiger partial charge in [-0.25, -0.2) is 9.97 Å². The van der Waals surface area contributed by atoms with E-state index in [-0.39, 0.29) is 12.0 Å². The number of amides is 1. The van der Waals surface area contributed by atoms with Gasteiger partial charge in [-0.15, -0.1) is 0 Å². The van der Waals surface area contributed by atoms with Gasteiger partial charge in [0.05, 0.1) is 36.6 Å². The van der Waals surface area contributed by atoms with E-state index in [9.17, 15) is 10.1 Å². The highest BCUT2D eigenvalue weighted by Gasteiger charge is 2.32. The van der Waals surface area contributed by atoms with E-state index in [0.717, 1.165) is 16.8 Å². The Hall–Kier alpha value is -3.96. The molecule has 0 radical (unpaired) electrons. The number of nitriles is 1. The van der Waals surface area contributed by atoms with Gasteiger partial charge in [0.1, 0.15) is 23.4 Å². The van der Waals surface area contributed by atoms with Crippen molar-refractivity contribution < 1.29 is 19.0 Å². The highest BCUT2D eigenvalue weighted by molar-refractivity contribution is 5.97. The molecule has 1 saturated heterocycles. The van der Waals surface area contributed by atoms with Crippen molar-refractivity contribution in [2.45, 2.75) is 26.4 Å². The summed E-state index contributed by atoms with van der Waals surface area (Å²) in [6.07, 6.45) is 2.27. The van der Waals surface area contributed by atoms with Crippen LogP contribution < -0.4 is 9.47 Å². The number of ether oxygens (including phenoxy) is 3. The van der Waals surface area contributed by atoms with Gasteiger partial charge in [0.2, 0.25) is 0 Å². The fourth-order valence-electron chi connectivity index (χ4n) is 3.93. The van der Waals surface area contributed by atoms with E-state index in [0.29, 0.717) is 60.5 Å². The quantitative estimate of drug-likeness (QED) is 0.449. The summed E-state index contributed by atoms with van der Waals surface area (Å²) in [6.45, 7) is 5.84. The Labute approximate surface area is 211 Å². The molecule has 1 aromatic heterocycles. The molecule has 0 aliphatic carbocycles. The molecule has 1 amide bonds. The van der Waals surface area contributed by atoms with Gasteiger partial charge < -0.3 is 19.1 Å². The minimum absolute atomic E-state index is 0.0703. The minimum Gasteiger partial charge on any atom is -0.496 e. The monoisotopic (exact) mass is 486 g/mol. The van der Waals surface area contributed by atoms with Crippen molar-refractivity contribution in [3.8, 4) is 28.8 Å². The molecule has 8 nitrogen and oxygen atoms in total. The first-order valence-corrected chi connectivity index (χ1v) is 11.9. The second-order valence-electron chi connectivity index (χ2n) is 9.16. The highest BCUT2D eigenvalue weighted by atomic mass is 16.5. The second kappa shape index (κ2) is 11.2. The molecule has 186 valence electrons. The number of carbonyl (C=O) groups is 1. The molecule has 0 unspecified atom stereocenters. The zero-order valence-electron chi connectivity index (χ0n) is 21.0. The van der Waals surface area contributed by atoms with Gasteiger partial charge in [0.25, 0.3) is 5.91 Å². The second-order valence-corrected chi connectivity index (χ2v) is 9.16. The highest BCUT2D eigenvalue weighted by Crippen LogP contribution is 2.27. The lowest BCUT2D eigenvalue weighted by molar-refractivity contribution is -0.0193. The molecule has 36 heavy (non-hydrogen) atoms. The number of hydrogen-bond acceptors (Lipinski definition) is 7. The van der Waals surface area contributed by atoms with Crippen LogP contribution in [0.4, 0.5) is 0 Å². The summed E-state index contributed by atoms with van der Waals surface area (Å²) in [4.78, 5) is 23.7. The van der Waals surface area contributed by atoms with Crippen LogP contribution in [0, 0.1) is 17.2 Å². The van der Waals surface area contributed by atoms with Crippen LogP contribution in [0.2, 0.25) is 0 Å². The lowest BCUT2D eigenvalue weighted by Crippen LogP contribution is -2.54. The molecule has 3 aromatic rings. The summed E-state index contributed by atoms with van der Waals surface area (Å²) in [7, 11) is 3.21. The molecule has 0 spiro atoms. The molecular formula is C28H30N4O4. The predicted molar refractivity (Wildman–Crippen MR) is 135 cm³/mol. The van der Waals surface area contributed by atoms with Crippen LogP contribution >= 0.6 is 0 Å². The first-order valence-electron chi connectivity index (χ1n) is 11.9. The Morgan fingerprint density at radius 2 is 1.94 bits per heavy atom. The van der Waals surface area contributed by atoms with Gasteiger partial charge in [-0.05, 0) is 47.9 Å². The van der Waals surface area contributed by atoms with E-state index in [1.54, 1.807) is 37.4 Å². The number of nitrogens with zero attached hydrogens (tertiary/aromatic N) is 4. The molecule has 0 N–H and O–H groups in total. The molecule has 2 heterocycles. The standard InChI is InChI=1S/C28H30N4O4/c1-18(2)17-36-25-8-6-20(13-21(25)14-29)24-9-10-30-27(31-24)12-19-5-7-23(26(11-19)35-4)28(33)32-15-22(16-32)34-3/h5-11,13,18,22H,12,15-17H2,1-4H3. The summed E-state index contributed by atoms with van der Waals surface area (Å²) in [6, 6.07) is 15.1. The number of likely N-dealkylation sites (tertiary alicyclic amines) is 1. The summed E-state index contributed by atoms with van der Waals surface area (Å²) < 4.78 is 16.5. The van der Waals surface area contributed by atoms with Crippen molar-refractivity contribution in [2.75, 3.05) is 33.9 Å². The fourth-order valence-corrected chi connectivity index (χ4v) is 3.93. The van der Waals surface area contributed by atoms with Gasteiger partial charge in [-0.3, -0.25) is 4.79 Å². The Balaban J connectivity index is 1.51. The molecule has 4 rings (SSSR count). The summed E-state index contributed by atoms with van der Waals surface area (Å²) in [5.74, 6) is 2.01. The van der Waals surface area contributed by atoms with E-state index in [1.807, 2.05) is 30.3 Å². The van der Waals surface area contributed by atoms with E-state index in [2.05, 4.69) is 24.9 Å². The molecule has 8 heteroatoms. The molecule has 0 atom stereocenters. The molecule has 0 bridgehead atoms. The normalized spacial score (nSPS) is 13.3. The Morgan fingerprint density at radius 3 is 2.64 bits per heavy atom. The Morgan fingerprint density at radius 1 is 1.14 bits per heavy atom.